The van der Waals surface area contributed by atoms with Gasteiger partial charge in [0.15, 0.2) is 5.82 Å². The van der Waals surface area contributed by atoms with E-state index in [1.165, 1.54) is 12.1 Å². The minimum absolute atomic E-state index is 0.0245. The number of nitro groups is 1. The summed E-state index contributed by atoms with van der Waals surface area (Å²) in [5, 5.41) is 25.3. The van der Waals surface area contributed by atoms with Crippen molar-refractivity contribution in [2.24, 2.45) is 0 Å². The van der Waals surface area contributed by atoms with E-state index in [4.69, 9.17) is 10.8 Å². The zero-order valence-corrected chi connectivity index (χ0v) is 16.2. The number of nitro benzene ring substituents is 1. The van der Waals surface area contributed by atoms with Gasteiger partial charge in [-0.3, -0.25) is 10.1 Å². The molecule has 150 valence electrons. The van der Waals surface area contributed by atoms with Gasteiger partial charge >= 0.3 is 0 Å². The molecule has 31 heavy (non-hydrogen) atoms. The van der Waals surface area contributed by atoms with Crippen molar-refractivity contribution >= 4 is 22.4 Å². The molecule has 0 spiro atoms. The van der Waals surface area contributed by atoms with E-state index in [0.29, 0.717) is 16.9 Å². The van der Waals surface area contributed by atoms with Crippen molar-refractivity contribution in [2.75, 3.05) is 5.73 Å². The first-order chi connectivity index (χ1) is 15.1. The van der Waals surface area contributed by atoms with Crippen LogP contribution in [0.3, 0.4) is 0 Å². The average Bonchev–Trinajstić information content (AvgIpc) is 3.22. The Morgan fingerprint density at radius 2 is 1.52 bits per heavy atom. The molecule has 2 aromatic heterocycles. The Hall–Kier alpha value is -4.59. The summed E-state index contributed by atoms with van der Waals surface area (Å²) in [4.78, 5) is 10.9. The smallest absolute Gasteiger partial charge is 0.271 e. The Bertz CT molecular complexity index is 1410. The third-order valence-electron chi connectivity index (χ3n) is 5.00. The molecule has 5 aromatic rings. The van der Waals surface area contributed by atoms with Crippen LogP contribution in [0.4, 0.5) is 11.5 Å². The van der Waals surface area contributed by atoms with Crippen molar-refractivity contribution in [3.8, 4) is 28.2 Å². The third kappa shape index (κ3) is 3.16. The number of hydrogen-bond acceptors (Lipinski definition) is 6. The minimum atomic E-state index is -0.429. The van der Waals surface area contributed by atoms with E-state index in [2.05, 4.69) is 10.2 Å². The highest BCUT2D eigenvalue weighted by atomic mass is 16.6. The second kappa shape index (κ2) is 7.34. The van der Waals surface area contributed by atoms with Gasteiger partial charge in [0.25, 0.3) is 5.69 Å². The van der Waals surface area contributed by atoms with E-state index < -0.39 is 4.92 Å². The van der Waals surface area contributed by atoms with Crippen LogP contribution in [0.2, 0.25) is 0 Å². The summed E-state index contributed by atoms with van der Waals surface area (Å²) in [5.41, 5.74) is 10.3. The number of nitrogens with two attached hydrogens (primary N) is 1. The van der Waals surface area contributed by atoms with Gasteiger partial charge in [-0.1, -0.05) is 66.7 Å². The van der Waals surface area contributed by atoms with Crippen LogP contribution in [-0.2, 0) is 0 Å². The largest absolute Gasteiger partial charge is 0.380 e. The first-order valence-corrected chi connectivity index (χ1v) is 9.54. The third-order valence-corrected chi connectivity index (χ3v) is 5.00. The Kier molecular flexibility index (Phi) is 4.37. The predicted octanol–water partition coefficient (Wildman–Crippen LogP) is 4.64. The summed E-state index contributed by atoms with van der Waals surface area (Å²) >= 11 is 0. The van der Waals surface area contributed by atoms with Gasteiger partial charge < -0.3 is 5.73 Å². The first kappa shape index (κ1) is 18.4. The van der Waals surface area contributed by atoms with Gasteiger partial charge in [0.2, 0.25) is 0 Å². The summed E-state index contributed by atoms with van der Waals surface area (Å²) in [6.07, 6.45) is 0. The van der Waals surface area contributed by atoms with Crippen LogP contribution in [0.1, 0.15) is 0 Å². The lowest BCUT2D eigenvalue weighted by Gasteiger charge is -2.09. The monoisotopic (exact) mass is 408 g/mol. The van der Waals surface area contributed by atoms with E-state index in [1.807, 2.05) is 60.7 Å². The summed E-state index contributed by atoms with van der Waals surface area (Å²) in [6, 6.07) is 25.7. The molecule has 0 bridgehead atoms. The molecule has 0 aliphatic heterocycles. The highest BCUT2D eigenvalue weighted by Crippen LogP contribution is 2.38. The zero-order valence-electron chi connectivity index (χ0n) is 16.2. The molecular formula is C23H16N6O2. The number of nitrogens with zero attached hydrogens (tertiary/aromatic N) is 5. The van der Waals surface area contributed by atoms with Gasteiger partial charge in [0.1, 0.15) is 11.2 Å². The van der Waals surface area contributed by atoms with Crippen LogP contribution in [-0.4, -0.2) is 24.9 Å². The minimum Gasteiger partial charge on any atom is -0.380 e. The van der Waals surface area contributed by atoms with Crippen molar-refractivity contribution in [1.29, 1.82) is 0 Å². The average molecular weight is 408 g/mol. The number of nitrogen functional groups attached to an aromatic ring is 1. The molecule has 8 heteroatoms. The lowest BCUT2D eigenvalue weighted by molar-refractivity contribution is -0.384. The van der Waals surface area contributed by atoms with E-state index in [-0.39, 0.29) is 11.5 Å². The molecule has 0 saturated carbocycles. The molecule has 2 heterocycles. The summed E-state index contributed by atoms with van der Waals surface area (Å²) in [6.45, 7) is 0. The van der Waals surface area contributed by atoms with Gasteiger partial charge in [0, 0.05) is 23.3 Å². The maximum atomic E-state index is 11.3. The molecule has 8 nitrogen and oxygen atoms in total. The van der Waals surface area contributed by atoms with Gasteiger partial charge in [-0.25, -0.2) is 4.68 Å². The van der Waals surface area contributed by atoms with E-state index in [0.717, 1.165) is 22.2 Å². The molecule has 0 fully saturated rings. The number of aromatic nitrogens is 4. The zero-order chi connectivity index (χ0) is 21.4. The molecular weight excluding hydrogens is 392 g/mol. The quantitative estimate of drug-likeness (QED) is 0.342. The number of non-ortho nitro benzene ring substituents is 1. The van der Waals surface area contributed by atoms with Crippen LogP contribution >= 0.6 is 0 Å². The molecule has 3 aromatic carbocycles. The number of hydrogen-bond donors (Lipinski definition) is 1. The van der Waals surface area contributed by atoms with Crippen LogP contribution in [0.15, 0.2) is 84.9 Å². The van der Waals surface area contributed by atoms with Crippen LogP contribution in [0.5, 0.6) is 0 Å². The second-order valence-corrected chi connectivity index (χ2v) is 6.93. The molecule has 0 radical (unpaired) electrons. The highest BCUT2D eigenvalue weighted by Gasteiger charge is 2.23. The molecule has 0 atom stereocenters. The van der Waals surface area contributed by atoms with Crippen molar-refractivity contribution in [1.82, 2.24) is 20.0 Å². The second-order valence-electron chi connectivity index (χ2n) is 6.93. The SMILES string of the molecule is Nc1nnc(-c2ccccc2)c2c(-c3ccccc3)n(-c3cccc([N+](=O)[O-])c3)nc12. The fourth-order valence-corrected chi connectivity index (χ4v) is 3.61. The molecule has 5 rings (SSSR count). The van der Waals surface area contributed by atoms with Gasteiger partial charge in [0.05, 0.1) is 21.7 Å². The van der Waals surface area contributed by atoms with Crippen molar-refractivity contribution in [3.63, 3.8) is 0 Å². The Morgan fingerprint density at radius 3 is 2.19 bits per heavy atom. The standard InChI is InChI=1S/C23H16N6O2/c24-23-21-19(20(25-26-23)15-8-3-1-4-9-15)22(16-10-5-2-6-11-16)28(27-21)17-12-7-13-18(14-17)29(30)31/h1-14H,(H2,24,26). The Morgan fingerprint density at radius 1 is 0.839 bits per heavy atom. The Labute approximate surface area is 176 Å². The number of fused-ring (bicyclic) bond motifs is 1. The molecule has 0 aliphatic rings. The van der Waals surface area contributed by atoms with Crippen molar-refractivity contribution in [2.45, 2.75) is 0 Å². The fourth-order valence-electron chi connectivity index (χ4n) is 3.61. The molecule has 0 amide bonds. The van der Waals surface area contributed by atoms with Crippen LogP contribution < -0.4 is 5.73 Å². The number of rotatable bonds is 4. The van der Waals surface area contributed by atoms with Gasteiger partial charge in [-0.05, 0) is 6.07 Å². The summed E-state index contributed by atoms with van der Waals surface area (Å²) < 4.78 is 1.67. The molecule has 0 saturated heterocycles. The van der Waals surface area contributed by atoms with Crippen molar-refractivity contribution < 1.29 is 4.92 Å². The van der Waals surface area contributed by atoms with Crippen LogP contribution in [0, 0.1) is 10.1 Å². The summed E-state index contributed by atoms with van der Waals surface area (Å²) in [5.74, 6) is 0.191. The highest BCUT2D eigenvalue weighted by molar-refractivity contribution is 6.06. The van der Waals surface area contributed by atoms with E-state index in [1.54, 1.807) is 16.8 Å². The van der Waals surface area contributed by atoms with Gasteiger partial charge in [-0.15, -0.1) is 10.2 Å². The van der Waals surface area contributed by atoms with Crippen LogP contribution in [0.25, 0.3) is 39.1 Å². The molecule has 0 unspecified atom stereocenters. The normalized spacial score (nSPS) is 11.0. The fraction of sp³-hybridized carbons (Fsp3) is 0. The molecule has 2 N–H and O–H groups in total. The Balaban J connectivity index is 1.90. The number of benzene rings is 3. The number of anilines is 1. The first-order valence-electron chi connectivity index (χ1n) is 9.54. The predicted molar refractivity (Wildman–Crippen MR) is 119 cm³/mol. The van der Waals surface area contributed by atoms with E-state index in [9.17, 15) is 10.1 Å². The van der Waals surface area contributed by atoms with Gasteiger partial charge in [-0.2, -0.15) is 5.10 Å². The topological polar surface area (TPSA) is 113 Å². The molecule has 0 aliphatic carbocycles. The lowest BCUT2D eigenvalue weighted by Crippen LogP contribution is -2.00. The maximum Gasteiger partial charge on any atom is 0.271 e. The lowest BCUT2D eigenvalue weighted by atomic mass is 10.0. The summed E-state index contributed by atoms with van der Waals surface area (Å²) in [7, 11) is 0. The van der Waals surface area contributed by atoms with E-state index >= 15 is 0 Å². The maximum absolute atomic E-state index is 11.3. The van der Waals surface area contributed by atoms with Crippen molar-refractivity contribution in [3.05, 3.63) is 95.0 Å².